The van der Waals surface area contributed by atoms with Gasteiger partial charge in [-0.25, -0.2) is 0 Å². The minimum absolute atomic E-state index is 0.0564. The first-order valence-electron chi connectivity index (χ1n) is 5.54. The first kappa shape index (κ1) is 14.9. The van der Waals surface area contributed by atoms with Crippen LogP contribution in [0.4, 0.5) is 18.9 Å². The third-order valence-corrected chi connectivity index (χ3v) is 3.39. The number of nitriles is 1. The van der Waals surface area contributed by atoms with Gasteiger partial charge < -0.3 is 5.32 Å². The molecule has 0 aliphatic carbocycles. The molecule has 108 valence electrons. The van der Waals surface area contributed by atoms with Gasteiger partial charge in [-0.15, -0.1) is 5.10 Å². The van der Waals surface area contributed by atoms with E-state index >= 15 is 0 Å². The van der Waals surface area contributed by atoms with Crippen molar-refractivity contribution in [3.63, 3.8) is 0 Å². The highest BCUT2D eigenvalue weighted by Gasteiger charge is 2.34. The molecule has 2 rings (SSSR count). The van der Waals surface area contributed by atoms with Crippen molar-refractivity contribution in [3.05, 3.63) is 39.9 Å². The van der Waals surface area contributed by atoms with E-state index in [0.29, 0.717) is 5.69 Å². The van der Waals surface area contributed by atoms with Gasteiger partial charge in [0.15, 0.2) is 0 Å². The summed E-state index contributed by atoms with van der Waals surface area (Å²) in [5.74, 6) is -0.597. The zero-order valence-electron chi connectivity index (χ0n) is 10.5. The molecule has 9 heteroatoms. The lowest BCUT2D eigenvalue weighted by Crippen LogP contribution is -2.14. The Labute approximate surface area is 121 Å². The van der Waals surface area contributed by atoms with Crippen LogP contribution >= 0.6 is 11.5 Å². The monoisotopic (exact) mass is 312 g/mol. The Bertz CT molecular complexity index is 733. The van der Waals surface area contributed by atoms with E-state index in [1.54, 1.807) is 6.92 Å². The zero-order chi connectivity index (χ0) is 15.6. The Kier molecular flexibility index (Phi) is 3.90. The van der Waals surface area contributed by atoms with Crippen molar-refractivity contribution in [1.82, 2.24) is 9.59 Å². The molecule has 0 atom stereocenters. The molecule has 0 fully saturated rings. The quantitative estimate of drug-likeness (QED) is 0.924. The number of nitrogens with one attached hydrogen (secondary N) is 1. The predicted octanol–water partition coefficient (Wildman–Crippen LogP) is 2.99. The minimum atomic E-state index is -4.67. The van der Waals surface area contributed by atoms with E-state index < -0.39 is 23.2 Å². The number of amides is 1. The molecule has 0 saturated heterocycles. The standard InChI is InChI=1S/C12H7F3N4OS/c1-6-10(21-19-18-6)11(20)17-8-3-2-7(5-16)9(4-8)12(13,14)15/h2-4H,1H3,(H,17,20). The summed E-state index contributed by atoms with van der Waals surface area (Å²) >= 11 is 0.847. The van der Waals surface area contributed by atoms with Gasteiger partial charge in [-0.3, -0.25) is 4.79 Å². The fourth-order valence-electron chi connectivity index (χ4n) is 1.58. The van der Waals surface area contributed by atoms with E-state index in [2.05, 4.69) is 14.9 Å². The van der Waals surface area contributed by atoms with Crippen LogP contribution in [0.3, 0.4) is 0 Å². The summed E-state index contributed by atoms with van der Waals surface area (Å²) in [5.41, 5.74) is -1.26. The number of hydrogen-bond acceptors (Lipinski definition) is 5. The first-order chi connectivity index (χ1) is 9.82. The topological polar surface area (TPSA) is 78.7 Å². The fourth-order valence-corrected chi connectivity index (χ4v) is 2.13. The van der Waals surface area contributed by atoms with E-state index in [9.17, 15) is 18.0 Å². The van der Waals surface area contributed by atoms with E-state index in [4.69, 9.17) is 5.26 Å². The molecule has 0 bridgehead atoms. The molecule has 0 aliphatic rings. The molecule has 1 aromatic carbocycles. The van der Waals surface area contributed by atoms with E-state index in [1.807, 2.05) is 0 Å². The molecule has 1 N–H and O–H groups in total. The summed E-state index contributed by atoms with van der Waals surface area (Å²) in [4.78, 5) is 12.1. The third kappa shape index (κ3) is 3.17. The lowest BCUT2D eigenvalue weighted by molar-refractivity contribution is -0.137. The van der Waals surface area contributed by atoms with Crippen molar-refractivity contribution in [3.8, 4) is 6.07 Å². The first-order valence-corrected chi connectivity index (χ1v) is 6.32. The fraction of sp³-hybridized carbons (Fsp3) is 0.167. The third-order valence-electron chi connectivity index (χ3n) is 2.56. The number of aromatic nitrogens is 2. The maximum absolute atomic E-state index is 12.8. The molecule has 0 saturated carbocycles. The number of anilines is 1. The molecular weight excluding hydrogens is 305 g/mol. The number of alkyl halides is 3. The number of rotatable bonds is 2. The number of carbonyl (C=O) groups is 1. The van der Waals surface area contributed by atoms with Gasteiger partial charge in [0.1, 0.15) is 4.88 Å². The molecule has 2 aromatic rings. The highest BCUT2D eigenvalue weighted by atomic mass is 32.1. The van der Waals surface area contributed by atoms with Crippen LogP contribution in [0.15, 0.2) is 18.2 Å². The number of hydrogen-bond donors (Lipinski definition) is 1. The van der Waals surface area contributed by atoms with Crippen LogP contribution < -0.4 is 5.32 Å². The Morgan fingerprint density at radius 3 is 2.67 bits per heavy atom. The second-order valence-electron chi connectivity index (χ2n) is 4.01. The SMILES string of the molecule is Cc1nnsc1C(=O)Nc1ccc(C#N)c(C(F)(F)F)c1. The Morgan fingerprint density at radius 1 is 1.43 bits per heavy atom. The summed E-state index contributed by atoms with van der Waals surface area (Å²) < 4.78 is 42.0. The van der Waals surface area contributed by atoms with Gasteiger partial charge in [0.05, 0.1) is 22.9 Å². The summed E-state index contributed by atoms with van der Waals surface area (Å²) in [7, 11) is 0. The van der Waals surface area contributed by atoms with E-state index in [0.717, 1.165) is 23.7 Å². The summed E-state index contributed by atoms with van der Waals surface area (Å²) in [6, 6.07) is 4.43. The number of carbonyl (C=O) groups excluding carboxylic acids is 1. The van der Waals surface area contributed by atoms with Gasteiger partial charge >= 0.3 is 6.18 Å². The predicted molar refractivity (Wildman–Crippen MR) is 68.8 cm³/mol. The van der Waals surface area contributed by atoms with Crippen molar-refractivity contribution in [2.45, 2.75) is 13.1 Å². The number of nitrogens with zero attached hydrogens (tertiary/aromatic N) is 3. The summed E-state index contributed by atoms with van der Waals surface area (Å²) in [5, 5.41) is 14.7. The average Bonchev–Trinajstić information content (AvgIpc) is 2.84. The maximum Gasteiger partial charge on any atom is 0.417 e. The molecule has 5 nitrogen and oxygen atoms in total. The molecule has 1 heterocycles. The van der Waals surface area contributed by atoms with Crippen molar-refractivity contribution >= 4 is 23.1 Å². The number of aryl methyl sites for hydroxylation is 1. The van der Waals surface area contributed by atoms with Crippen LogP contribution in [-0.2, 0) is 6.18 Å². The second-order valence-corrected chi connectivity index (χ2v) is 4.77. The zero-order valence-corrected chi connectivity index (χ0v) is 11.3. The summed E-state index contributed by atoms with van der Waals surface area (Å²) in [6.07, 6.45) is -4.67. The van der Waals surface area contributed by atoms with Crippen LogP contribution in [0.25, 0.3) is 0 Å². The van der Waals surface area contributed by atoms with Crippen molar-refractivity contribution in [2.75, 3.05) is 5.32 Å². The molecule has 21 heavy (non-hydrogen) atoms. The molecule has 1 aromatic heterocycles. The van der Waals surface area contributed by atoms with Gasteiger partial charge in [-0.05, 0) is 36.7 Å². The Hall–Kier alpha value is -2.47. The number of benzene rings is 1. The van der Waals surface area contributed by atoms with Crippen LogP contribution in [0.2, 0.25) is 0 Å². The number of halogens is 3. The van der Waals surface area contributed by atoms with Gasteiger partial charge in [0.25, 0.3) is 5.91 Å². The highest BCUT2D eigenvalue weighted by molar-refractivity contribution is 7.08. The van der Waals surface area contributed by atoms with Crippen LogP contribution in [0.5, 0.6) is 0 Å². The normalized spacial score (nSPS) is 11.0. The van der Waals surface area contributed by atoms with E-state index in [1.165, 1.54) is 12.1 Å². The molecule has 0 unspecified atom stereocenters. The average molecular weight is 312 g/mol. The minimum Gasteiger partial charge on any atom is -0.321 e. The lowest BCUT2D eigenvalue weighted by Gasteiger charge is -2.11. The van der Waals surface area contributed by atoms with Crippen LogP contribution in [0.1, 0.15) is 26.5 Å². The lowest BCUT2D eigenvalue weighted by atomic mass is 10.1. The summed E-state index contributed by atoms with van der Waals surface area (Å²) in [6.45, 7) is 1.57. The molecular formula is C12H7F3N4OS. The molecule has 1 amide bonds. The van der Waals surface area contributed by atoms with Gasteiger partial charge in [0.2, 0.25) is 0 Å². The van der Waals surface area contributed by atoms with Gasteiger partial charge in [0, 0.05) is 5.69 Å². The smallest absolute Gasteiger partial charge is 0.321 e. The maximum atomic E-state index is 12.8. The van der Waals surface area contributed by atoms with E-state index in [-0.39, 0.29) is 10.6 Å². The van der Waals surface area contributed by atoms with Crippen molar-refractivity contribution in [1.29, 1.82) is 5.26 Å². The van der Waals surface area contributed by atoms with Crippen LogP contribution in [-0.4, -0.2) is 15.5 Å². The molecule has 0 radical (unpaired) electrons. The molecule has 0 spiro atoms. The molecule has 0 aliphatic heterocycles. The van der Waals surface area contributed by atoms with Crippen molar-refractivity contribution in [2.24, 2.45) is 0 Å². The largest absolute Gasteiger partial charge is 0.417 e. The van der Waals surface area contributed by atoms with Crippen LogP contribution in [0, 0.1) is 18.3 Å². The second kappa shape index (κ2) is 5.49. The van der Waals surface area contributed by atoms with Crippen molar-refractivity contribution < 1.29 is 18.0 Å². The Balaban J connectivity index is 2.32. The highest BCUT2D eigenvalue weighted by Crippen LogP contribution is 2.33. The van der Waals surface area contributed by atoms with Gasteiger partial charge in [-0.1, -0.05) is 4.49 Å². The van der Waals surface area contributed by atoms with Gasteiger partial charge in [-0.2, -0.15) is 18.4 Å². The Morgan fingerprint density at radius 2 is 2.14 bits per heavy atom.